The normalized spacial score (nSPS) is 23.1. The van der Waals surface area contributed by atoms with Crippen molar-refractivity contribution in [2.75, 3.05) is 6.61 Å². The maximum absolute atomic E-state index is 13.4. The van der Waals surface area contributed by atoms with Crippen molar-refractivity contribution in [3.05, 3.63) is 34.6 Å². The minimum atomic E-state index is -0.369. The highest BCUT2D eigenvalue weighted by molar-refractivity contribution is 6.31. The SMILES string of the molecule is CCOC(=O)C1CCC(c2cccc(F)c2Cl)CC1. The van der Waals surface area contributed by atoms with Gasteiger partial charge in [0.05, 0.1) is 17.5 Å². The van der Waals surface area contributed by atoms with E-state index in [1.807, 2.05) is 13.0 Å². The number of halogens is 2. The van der Waals surface area contributed by atoms with Crippen LogP contribution in [-0.2, 0) is 9.53 Å². The molecule has 1 aromatic carbocycles. The maximum Gasteiger partial charge on any atom is 0.308 e. The molecule has 0 N–H and O–H groups in total. The van der Waals surface area contributed by atoms with Gasteiger partial charge >= 0.3 is 5.97 Å². The van der Waals surface area contributed by atoms with Gasteiger partial charge in [-0.2, -0.15) is 0 Å². The van der Waals surface area contributed by atoms with Crippen molar-refractivity contribution in [1.29, 1.82) is 0 Å². The molecule has 0 atom stereocenters. The first-order valence-corrected chi connectivity index (χ1v) is 7.11. The Kier molecular flexibility index (Phi) is 4.81. The van der Waals surface area contributed by atoms with Crippen molar-refractivity contribution in [1.82, 2.24) is 0 Å². The lowest BCUT2D eigenvalue weighted by atomic mass is 9.78. The van der Waals surface area contributed by atoms with E-state index >= 15 is 0 Å². The number of ether oxygens (including phenoxy) is 1. The minimum Gasteiger partial charge on any atom is -0.466 e. The maximum atomic E-state index is 13.4. The molecule has 1 aliphatic carbocycles. The summed E-state index contributed by atoms with van der Waals surface area (Å²) in [6, 6.07) is 4.94. The van der Waals surface area contributed by atoms with E-state index in [4.69, 9.17) is 16.3 Å². The van der Waals surface area contributed by atoms with Gasteiger partial charge in [0.25, 0.3) is 0 Å². The lowest BCUT2D eigenvalue weighted by Gasteiger charge is -2.28. The summed E-state index contributed by atoms with van der Waals surface area (Å²) < 4.78 is 18.5. The Labute approximate surface area is 117 Å². The van der Waals surface area contributed by atoms with Gasteiger partial charge in [-0.05, 0) is 50.2 Å². The van der Waals surface area contributed by atoms with Crippen LogP contribution in [-0.4, -0.2) is 12.6 Å². The van der Waals surface area contributed by atoms with Crippen molar-refractivity contribution in [3.63, 3.8) is 0 Å². The van der Waals surface area contributed by atoms with Crippen molar-refractivity contribution >= 4 is 17.6 Å². The van der Waals surface area contributed by atoms with Gasteiger partial charge in [-0.15, -0.1) is 0 Å². The predicted octanol–water partition coefficient (Wildman–Crippen LogP) is 4.32. The summed E-state index contributed by atoms with van der Waals surface area (Å²) in [6.45, 7) is 2.24. The molecule has 1 aromatic rings. The quantitative estimate of drug-likeness (QED) is 0.773. The van der Waals surface area contributed by atoms with Crippen LogP contribution >= 0.6 is 11.6 Å². The largest absolute Gasteiger partial charge is 0.466 e. The summed E-state index contributed by atoms with van der Waals surface area (Å²) in [5, 5.41) is 0.224. The number of carbonyl (C=O) groups is 1. The molecule has 19 heavy (non-hydrogen) atoms. The second-order valence-corrected chi connectivity index (χ2v) is 5.32. The standard InChI is InChI=1S/C15H18ClFO2/c1-2-19-15(18)11-8-6-10(7-9-11)12-4-3-5-13(17)14(12)16/h3-5,10-11H,2,6-9H2,1H3. The Bertz CT molecular complexity index is 453. The fraction of sp³-hybridized carbons (Fsp3) is 0.533. The second-order valence-electron chi connectivity index (χ2n) is 4.94. The van der Waals surface area contributed by atoms with Gasteiger partial charge in [0.1, 0.15) is 5.82 Å². The molecular formula is C15H18ClFO2. The molecule has 4 heteroatoms. The number of hydrogen-bond donors (Lipinski definition) is 0. The van der Waals surface area contributed by atoms with Gasteiger partial charge in [-0.1, -0.05) is 23.7 Å². The zero-order valence-electron chi connectivity index (χ0n) is 11.0. The molecule has 0 radical (unpaired) electrons. The van der Waals surface area contributed by atoms with Crippen LogP contribution in [0.15, 0.2) is 18.2 Å². The van der Waals surface area contributed by atoms with E-state index in [1.54, 1.807) is 6.07 Å². The fourth-order valence-corrected chi connectivity index (χ4v) is 3.02. The van der Waals surface area contributed by atoms with Crippen molar-refractivity contribution in [2.24, 2.45) is 5.92 Å². The predicted molar refractivity (Wildman–Crippen MR) is 72.7 cm³/mol. The third-order valence-corrected chi connectivity index (χ3v) is 4.17. The van der Waals surface area contributed by atoms with Crippen LogP contribution in [0.1, 0.15) is 44.1 Å². The topological polar surface area (TPSA) is 26.3 Å². The Morgan fingerprint density at radius 3 is 2.68 bits per heavy atom. The van der Waals surface area contributed by atoms with Crippen LogP contribution in [0.25, 0.3) is 0 Å². The van der Waals surface area contributed by atoms with Crippen LogP contribution in [0.3, 0.4) is 0 Å². The van der Waals surface area contributed by atoms with Crippen LogP contribution in [0.2, 0.25) is 5.02 Å². The molecule has 0 spiro atoms. The van der Waals surface area contributed by atoms with Crippen molar-refractivity contribution in [3.8, 4) is 0 Å². The molecule has 1 fully saturated rings. The Morgan fingerprint density at radius 1 is 1.37 bits per heavy atom. The minimum absolute atomic E-state index is 0.0106. The molecule has 0 aliphatic heterocycles. The summed E-state index contributed by atoms with van der Waals surface area (Å²) >= 11 is 6.01. The zero-order valence-corrected chi connectivity index (χ0v) is 11.8. The first-order chi connectivity index (χ1) is 9.13. The van der Waals surface area contributed by atoms with Crippen LogP contribution in [0.5, 0.6) is 0 Å². The van der Waals surface area contributed by atoms with Gasteiger partial charge in [-0.25, -0.2) is 4.39 Å². The molecule has 2 nitrogen and oxygen atoms in total. The van der Waals surface area contributed by atoms with Crippen molar-refractivity contribution in [2.45, 2.75) is 38.5 Å². The van der Waals surface area contributed by atoms with Crippen molar-refractivity contribution < 1.29 is 13.9 Å². The summed E-state index contributed by atoms with van der Waals surface area (Å²) in [6.07, 6.45) is 3.28. The van der Waals surface area contributed by atoms with Crippen LogP contribution in [0.4, 0.5) is 4.39 Å². The monoisotopic (exact) mass is 284 g/mol. The highest BCUT2D eigenvalue weighted by Crippen LogP contribution is 2.39. The Morgan fingerprint density at radius 2 is 2.05 bits per heavy atom. The van der Waals surface area contributed by atoms with Gasteiger partial charge in [0.15, 0.2) is 0 Å². The van der Waals surface area contributed by atoms with E-state index in [-0.39, 0.29) is 28.6 Å². The molecule has 0 bridgehead atoms. The molecule has 0 unspecified atom stereocenters. The molecular weight excluding hydrogens is 267 g/mol. The highest BCUT2D eigenvalue weighted by atomic mass is 35.5. The van der Waals surface area contributed by atoms with Gasteiger partial charge in [0.2, 0.25) is 0 Å². The summed E-state index contributed by atoms with van der Waals surface area (Å²) in [4.78, 5) is 11.7. The molecule has 0 heterocycles. The first kappa shape index (κ1) is 14.3. The number of benzene rings is 1. The lowest BCUT2D eigenvalue weighted by molar-refractivity contribution is -0.149. The van der Waals surface area contributed by atoms with E-state index in [1.165, 1.54) is 6.07 Å². The van der Waals surface area contributed by atoms with E-state index in [0.717, 1.165) is 31.2 Å². The second kappa shape index (κ2) is 6.38. The zero-order chi connectivity index (χ0) is 13.8. The summed E-state index contributed by atoms with van der Waals surface area (Å²) in [5.41, 5.74) is 0.865. The number of carbonyl (C=O) groups excluding carboxylic acids is 1. The highest BCUT2D eigenvalue weighted by Gasteiger charge is 2.29. The third kappa shape index (κ3) is 3.27. The van der Waals surface area contributed by atoms with Crippen LogP contribution in [0, 0.1) is 11.7 Å². The van der Waals surface area contributed by atoms with Gasteiger partial charge in [0, 0.05) is 0 Å². The molecule has 0 amide bonds. The summed E-state index contributed by atoms with van der Waals surface area (Å²) in [7, 11) is 0. The smallest absolute Gasteiger partial charge is 0.308 e. The lowest BCUT2D eigenvalue weighted by Crippen LogP contribution is -2.23. The van der Waals surface area contributed by atoms with E-state index in [9.17, 15) is 9.18 Å². The molecule has 104 valence electrons. The number of rotatable bonds is 3. The molecule has 1 aliphatic rings. The average molecular weight is 285 g/mol. The van der Waals surface area contributed by atoms with E-state index in [2.05, 4.69) is 0 Å². The third-order valence-electron chi connectivity index (χ3n) is 3.77. The summed E-state index contributed by atoms with van der Waals surface area (Å²) in [5.74, 6) is -0.240. The Balaban J connectivity index is 2.00. The number of esters is 1. The molecule has 0 saturated heterocycles. The van der Waals surface area contributed by atoms with Gasteiger partial charge < -0.3 is 4.74 Å². The average Bonchev–Trinajstić information content (AvgIpc) is 2.42. The molecule has 2 rings (SSSR count). The number of hydrogen-bond acceptors (Lipinski definition) is 2. The molecule has 1 saturated carbocycles. The first-order valence-electron chi connectivity index (χ1n) is 6.74. The van der Waals surface area contributed by atoms with E-state index < -0.39 is 0 Å². The van der Waals surface area contributed by atoms with E-state index in [0.29, 0.717) is 6.61 Å². The van der Waals surface area contributed by atoms with Crippen LogP contribution < -0.4 is 0 Å². The Hall–Kier alpha value is -1.09. The molecule has 0 aromatic heterocycles. The fourth-order valence-electron chi connectivity index (χ4n) is 2.74. The van der Waals surface area contributed by atoms with Gasteiger partial charge in [-0.3, -0.25) is 4.79 Å².